The third-order valence-electron chi connectivity index (χ3n) is 4.78. The molecule has 1 saturated heterocycles. The Morgan fingerprint density at radius 1 is 0.897 bits per heavy atom. The van der Waals surface area contributed by atoms with Crippen LogP contribution in [0, 0.1) is 0 Å². The van der Waals surface area contributed by atoms with Crippen LogP contribution in [0.15, 0.2) is 88.9 Å². The van der Waals surface area contributed by atoms with E-state index < -0.39 is 17.7 Å². The Hall–Kier alpha value is -2.89. The summed E-state index contributed by atoms with van der Waals surface area (Å²) in [4.78, 5) is 27.4. The Kier molecular flexibility index (Phi) is 5.26. The number of benzene rings is 3. The number of amides is 1. The molecule has 3 aromatic rings. The van der Waals surface area contributed by atoms with Crippen molar-refractivity contribution in [2.24, 2.45) is 0 Å². The van der Waals surface area contributed by atoms with Crippen molar-refractivity contribution in [3.8, 4) is 0 Å². The standard InChI is InChI=1S/C23H15BrClNO3/c24-16-8-6-14(7-9-16)20-19(21(27)15-4-2-1-3-5-15)22(28)23(29)26(20)18-12-10-17(25)11-13-18/h1-13,20,27H/b21-19+. The number of anilines is 1. The molecule has 3 aromatic carbocycles. The van der Waals surface area contributed by atoms with Crippen LogP contribution < -0.4 is 4.90 Å². The topological polar surface area (TPSA) is 57.6 Å². The van der Waals surface area contributed by atoms with E-state index in [9.17, 15) is 14.7 Å². The number of carbonyl (C=O) groups is 2. The molecule has 1 N–H and O–H groups in total. The zero-order valence-electron chi connectivity index (χ0n) is 15.0. The van der Waals surface area contributed by atoms with Crippen LogP contribution in [0.4, 0.5) is 5.69 Å². The fraction of sp³-hybridized carbons (Fsp3) is 0.0435. The number of halogens is 2. The molecular formula is C23H15BrClNO3. The van der Waals surface area contributed by atoms with Crippen molar-refractivity contribution in [1.82, 2.24) is 0 Å². The molecule has 1 aliphatic heterocycles. The van der Waals surface area contributed by atoms with Gasteiger partial charge in [-0.1, -0.05) is 70.0 Å². The molecule has 1 heterocycles. The summed E-state index contributed by atoms with van der Waals surface area (Å²) in [6, 6.07) is 22.0. The third kappa shape index (κ3) is 3.59. The summed E-state index contributed by atoms with van der Waals surface area (Å²) in [7, 11) is 0. The number of carbonyl (C=O) groups excluding carboxylic acids is 2. The second-order valence-corrected chi connectivity index (χ2v) is 7.92. The fourth-order valence-corrected chi connectivity index (χ4v) is 3.80. The van der Waals surface area contributed by atoms with Gasteiger partial charge in [0.05, 0.1) is 11.6 Å². The highest BCUT2D eigenvalue weighted by atomic mass is 79.9. The van der Waals surface area contributed by atoms with E-state index in [1.54, 1.807) is 48.5 Å². The highest BCUT2D eigenvalue weighted by Gasteiger charge is 2.46. The average molecular weight is 469 g/mol. The molecule has 0 radical (unpaired) electrons. The van der Waals surface area contributed by atoms with Crippen molar-refractivity contribution in [2.45, 2.75) is 6.04 Å². The lowest BCUT2D eigenvalue weighted by Crippen LogP contribution is -2.29. The lowest BCUT2D eigenvalue weighted by Gasteiger charge is -2.25. The first-order chi connectivity index (χ1) is 14.0. The molecule has 144 valence electrons. The van der Waals surface area contributed by atoms with E-state index in [0.717, 1.165) is 4.47 Å². The van der Waals surface area contributed by atoms with E-state index in [1.165, 1.54) is 4.90 Å². The van der Waals surface area contributed by atoms with Crippen LogP contribution >= 0.6 is 27.5 Å². The van der Waals surface area contributed by atoms with Gasteiger partial charge in [-0.15, -0.1) is 0 Å². The molecule has 1 atom stereocenters. The van der Waals surface area contributed by atoms with E-state index >= 15 is 0 Å². The second kappa shape index (κ2) is 7.85. The highest BCUT2D eigenvalue weighted by molar-refractivity contribution is 9.10. The lowest BCUT2D eigenvalue weighted by molar-refractivity contribution is -0.132. The normalized spacial score (nSPS) is 18.3. The van der Waals surface area contributed by atoms with Crippen molar-refractivity contribution < 1.29 is 14.7 Å². The molecule has 0 bridgehead atoms. The molecule has 1 aliphatic rings. The van der Waals surface area contributed by atoms with Crippen LogP contribution in [0.5, 0.6) is 0 Å². The Morgan fingerprint density at radius 2 is 1.52 bits per heavy atom. The van der Waals surface area contributed by atoms with Crippen LogP contribution in [-0.4, -0.2) is 16.8 Å². The first-order valence-electron chi connectivity index (χ1n) is 8.85. The maximum absolute atomic E-state index is 13.0. The molecule has 1 amide bonds. The van der Waals surface area contributed by atoms with Gasteiger partial charge in [-0.25, -0.2) is 0 Å². The summed E-state index contributed by atoms with van der Waals surface area (Å²) in [5.74, 6) is -1.62. The third-order valence-corrected chi connectivity index (χ3v) is 5.56. The summed E-state index contributed by atoms with van der Waals surface area (Å²) >= 11 is 9.39. The summed E-state index contributed by atoms with van der Waals surface area (Å²) < 4.78 is 0.868. The number of aliphatic hydroxyl groups excluding tert-OH is 1. The Labute approximate surface area is 181 Å². The molecule has 6 heteroatoms. The maximum Gasteiger partial charge on any atom is 0.300 e. The fourth-order valence-electron chi connectivity index (χ4n) is 3.41. The predicted octanol–water partition coefficient (Wildman–Crippen LogP) is 5.73. The van der Waals surface area contributed by atoms with Gasteiger partial charge in [0.1, 0.15) is 5.76 Å². The second-order valence-electron chi connectivity index (χ2n) is 6.56. The van der Waals surface area contributed by atoms with Crippen molar-refractivity contribution in [2.75, 3.05) is 4.90 Å². The summed E-state index contributed by atoms with van der Waals surface area (Å²) in [5, 5.41) is 11.5. The van der Waals surface area contributed by atoms with Gasteiger partial charge in [0.15, 0.2) is 0 Å². The molecular weight excluding hydrogens is 454 g/mol. The number of ketones is 1. The van der Waals surface area contributed by atoms with E-state index in [-0.39, 0.29) is 11.3 Å². The van der Waals surface area contributed by atoms with Crippen LogP contribution in [0.3, 0.4) is 0 Å². The van der Waals surface area contributed by atoms with Crippen molar-refractivity contribution in [3.05, 3.63) is 105 Å². The van der Waals surface area contributed by atoms with Gasteiger partial charge in [0.2, 0.25) is 0 Å². The first-order valence-corrected chi connectivity index (χ1v) is 10.0. The minimum atomic E-state index is -0.760. The Bertz CT molecular complexity index is 1110. The van der Waals surface area contributed by atoms with Gasteiger partial charge in [-0.3, -0.25) is 14.5 Å². The van der Waals surface area contributed by atoms with E-state index in [4.69, 9.17) is 11.6 Å². The lowest BCUT2D eigenvalue weighted by atomic mass is 9.95. The van der Waals surface area contributed by atoms with Gasteiger partial charge in [0, 0.05) is 20.7 Å². The van der Waals surface area contributed by atoms with Crippen molar-refractivity contribution in [3.63, 3.8) is 0 Å². The number of Topliss-reactive ketones (excluding diaryl/α,β-unsaturated/α-hetero) is 1. The van der Waals surface area contributed by atoms with Crippen LogP contribution in [0.1, 0.15) is 17.2 Å². The maximum atomic E-state index is 13.0. The van der Waals surface area contributed by atoms with E-state index in [2.05, 4.69) is 15.9 Å². The first kappa shape index (κ1) is 19.4. The van der Waals surface area contributed by atoms with E-state index in [0.29, 0.717) is 21.8 Å². The van der Waals surface area contributed by atoms with E-state index in [1.807, 2.05) is 30.3 Å². The van der Waals surface area contributed by atoms with Gasteiger partial charge in [-0.2, -0.15) is 0 Å². The van der Waals surface area contributed by atoms with Crippen LogP contribution in [0.2, 0.25) is 5.02 Å². The predicted molar refractivity (Wildman–Crippen MR) is 117 cm³/mol. The molecule has 0 aliphatic carbocycles. The van der Waals surface area contributed by atoms with Gasteiger partial charge in [-0.05, 0) is 42.0 Å². The molecule has 0 aromatic heterocycles. The smallest absolute Gasteiger partial charge is 0.300 e. The minimum absolute atomic E-state index is 0.0541. The van der Waals surface area contributed by atoms with Crippen molar-refractivity contribution in [1.29, 1.82) is 0 Å². The summed E-state index contributed by atoms with van der Waals surface area (Å²) in [6.45, 7) is 0. The summed E-state index contributed by atoms with van der Waals surface area (Å²) in [5.41, 5.74) is 1.76. The zero-order chi connectivity index (χ0) is 20.5. The largest absolute Gasteiger partial charge is 0.507 e. The molecule has 29 heavy (non-hydrogen) atoms. The molecule has 1 fully saturated rings. The zero-order valence-corrected chi connectivity index (χ0v) is 17.4. The van der Waals surface area contributed by atoms with Gasteiger partial charge < -0.3 is 5.11 Å². The summed E-state index contributed by atoms with van der Waals surface area (Å²) in [6.07, 6.45) is 0. The number of hydrogen-bond donors (Lipinski definition) is 1. The molecule has 0 saturated carbocycles. The Morgan fingerprint density at radius 3 is 2.14 bits per heavy atom. The van der Waals surface area contributed by atoms with Gasteiger partial charge >= 0.3 is 0 Å². The number of aliphatic hydroxyl groups is 1. The molecule has 4 nitrogen and oxygen atoms in total. The Balaban J connectivity index is 1.94. The highest BCUT2D eigenvalue weighted by Crippen LogP contribution is 2.42. The SMILES string of the molecule is O=C1C(=O)N(c2ccc(Cl)cc2)C(c2ccc(Br)cc2)/C1=C(\O)c1ccccc1. The van der Waals surface area contributed by atoms with Crippen LogP contribution in [-0.2, 0) is 9.59 Å². The number of rotatable bonds is 3. The molecule has 1 unspecified atom stereocenters. The number of nitrogens with zero attached hydrogens (tertiary/aromatic N) is 1. The minimum Gasteiger partial charge on any atom is -0.507 e. The molecule has 4 rings (SSSR count). The van der Waals surface area contributed by atoms with Crippen molar-refractivity contribution >= 4 is 50.7 Å². The average Bonchev–Trinajstić information content (AvgIpc) is 3.00. The quantitative estimate of drug-likeness (QED) is 0.303. The molecule has 0 spiro atoms. The monoisotopic (exact) mass is 467 g/mol. The van der Waals surface area contributed by atoms with Crippen LogP contribution in [0.25, 0.3) is 5.76 Å². The number of hydrogen-bond acceptors (Lipinski definition) is 3. The van der Waals surface area contributed by atoms with Gasteiger partial charge in [0.25, 0.3) is 11.7 Å².